The van der Waals surface area contributed by atoms with Crippen LogP contribution in [0.1, 0.15) is 31.9 Å². The molecule has 0 spiro atoms. The zero-order valence-electron chi connectivity index (χ0n) is 12.3. The number of benzene rings is 2. The van der Waals surface area contributed by atoms with Gasteiger partial charge in [-0.25, -0.2) is 0 Å². The minimum Gasteiger partial charge on any atom is -0.309 e. The molecule has 0 fully saturated rings. The highest BCUT2D eigenvalue weighted by atomic mass is 32.2. The van der Waals surface area contributed by atoms with Gasteiger partial charge in [0.05, 0.1) is 0 Å². The summed E-state index contributed by atoms with van der Waals surface area (Å²) in [5.41, 5.74) is 1.24. The summed E-state index contributed by atoms with van der Waals surface area (Å²) in [6.45, 7) is 5.09. The van der Waals surface area contributed by atoms with Crippen LogP contribution in [0.4, 0.5) is 0 Å². The summed E-state index contributed by atoms with van der Waals surface area (Å²) in [7, 11) is -0.757. The molecule has 0 aromatic heterocycles. The van der Waals surface area contributed by atoms with E-state index in [1.165, 1.54) is 16.3 Å². The molecule has 0 amide bonds. The van der Waals surface area contributed by atoms with Gasteiger partial charge in [0.15, 0.2) is 0 Å². The third-order valence-corrected chi connectivity index (χ3v) is 4.84. The van der Waals surface area contributed by atoms with Crippen molar-refractivity contribution in [3.63, 3.8) is 0 Å². The highest BCUT2D eigenvalue weighted by molar-refractivity contribution is 7.84. The van der Waals surface area contributed by atoms with Crippen LogP contribution in [0.15, 0.2) is 42.5 Å². The summed E-state index contributed by atoms with van der Waals surface area (Å²) in [5, 5.41) is 6.02. The zero-order valence-corrected chi connectivity index (χ0v) is 13.1. The maximum atomic E-state index is 11.9. The van der Waals surface area contributed by atoms with E-state index in [4.69, 9.17) is 0 Å². The van der Waals surface area contributed by atoms with Gasteiger partial charge in [-0.05, 0) is 35.4 Å². The van der Waals surface area contributed by atoms with Crippen molar-refractivity contribution in [3.05, 3.63) is 48.0 Å². The monoisotopic (exact) mass is 289 g/mol. The lowest BCUT2D eigenvalue weighted by molar-refractivity contribution is 0.570. The SMILES string of the molecule is CCCNC(CS(=O)CC)c1ccc2ccccc2c1. The van der Waals surface area contributed by atoms with Crippen molar-refractivity contribution in [1.29, 1.82) is 0 Å². The number of hydrogen-bond acceptors (Lipinski definition) is 2. The number of hydrogen-bond donors (Lipinski definition) is 1. The lowest BCUT2D eigenvalue weighted by Crippen LogP contribution is -2.27. The molecule has 0 saturated carbocycles. The minimum atomic E-state index is -0.757. The molecule has 2 aromatic carbocycles. The van der Waals surface area contributed by atoms with E-state index in [1.54, 1.807) is 0 Å². The predicted octanol–water partition coefficient (Wildman–Crippen LogP) is 3.65. The maximum Gasteiger partial charge on any atom is 0.0437 e. The van der Waals surface area contributed by atoms with Gasteiger partial charge in [-0.2, -0.15) is 0 Å². The maximum absolute atomic E-state index is 11.9. The first-order valence-corrected chi connectivity index (χ1v) is 8.80. The van der Waals surface area contributed by atoms with Crippen molar-refractivity contribution in [2.45, 2.75) is 26.3 Å². The van der Waals surface area contributed by atoms with Crippen molar-refractivity contribution in [3.8, 4) is 0 Å². The van der Waals surface area contributed by atoms with Crippen LogP contribution in [0, 0.1) is 0 Å². The molecule has 2 nitrogen and oxygen atoms in total. The summed E-state index contributed by atoms with van der Waals surface area (Å²) < 4.78 is 11.9. The standard InChI is InChI=1S/C17H23NOS/c1-3-11-18-17(13-20(19)4-2)16-10-9-14-7-5-6-8-15(14)12-16/h5-10,12,17-18H,3-4,11,13H2,1-2H3. The molecule has 2 rings (SSSR count). The summed E-state index contributed by atoms with van der Waals surface area (Å²) in [4.78, 5) is 0. The third-order valence-electron chi connectivity index (χ3n) is 3.49. The number of rotatable bonds is 7. The Balaban J connectivity index is 2.26. The average Bonchev–Trinajstić information content (AvgIpc) is 2.50. The molecule has 0 heterocycles. The van der Waals surface area contributed by atoms with E-state index >= 15 is 0 Å². The lowest BCUT2D eigenvalue weighted by atomic mass is 10.0. The Hall–Kier alpha value is -1.19. The van der Waals surface area contributed by atoms with Crippen LogP contribution in [0.25, 0.3) is 10.8 Å². The van der Waals surface area contributed by atoms with E-state index in [0.717, 1.165) is 18.7 Å². The Morgan fingerprint density at radius 1 is 1.10 bits per heavy atom. The molecular formula is C17H23NOS. The largest absolute Gasteiger partial charge is 0.309 e. The van der Waals surface area contributed by atoms with Crippen molar-refractivity contribution in [2.24, 2.45) is 0 Å². The van der Waals surface area contributed by atoms with E-state index < -0.39 is 10.8 Å². The van der Waals surface area contributed by atoms with Gasteiger partial charge in [0.2, 0.25) is 0 Å². The summed E-state index contributed by atoms with van der Waals surface area (Å²) in [6, 6.07) is 15.1. The Kier molecular flexibility index (Phi) is 5.74. The van der Waals surface area contributed by atoms with Crippen LogP contribution in [-0.2, 0) is 10.8 Å². The van der Waals surface area contributed by atoms with Gasteiger partial charge in [0.25, 0.3) is 0 Å². The fraction of sp³-hybridized carbons (Fsp3) is 0.412. The van der Waals surface area contributed by atoms with Crippen LogP contribution in [0.2, 0.25) is 0 Å². The molecule has 0 saturated heterocycles. The van der Waals surface area contributed by atoms with Crippen molar-refractivity contribution < 1.29 is 4.21 Å². The highest BCUT2D eigenvalue weighted by Gasteiger charge is 2.13. The van der Waals surface area contributed by atoms with Gasteiger partial charge in [-0.1, -0.05) is 50.2 Å². The predicted molar refractivity (Wildman–Crippen MR) is 88.5 cm³/mol. The molecule has 2 atom stereocenters. The van der Waals surface area contributed by atoms with E-state index in [-0.39, 0.29) is 6.04 Å². The Morgan fingerprint density at radius 3 is 2.55 bits per heavy atom. The van der Waals surface area contributed by atoms with Gasteiger partial charge < -0.3 is 5.32 Å². The molecule has 20 heavy (non-hydrogen) atoms. The quantitative estimate of drug-likeness (QED) is 0.843. The Bertz CT molecular complexity index is 582. The second-order valence-electron chi connectivity index (χ2n) is 5.01. The van der Waals surface area contributed by atoms with Crippen molar-refractivity contribution in [1.82, 2.24) is 5.32 Å². The van der Waals surface area contributed by atoms with E-state index in [0.29, 0.717) is 5.75 Å². The second-order valence-corrected chi connectivity index (χ2v) is 6.80. The van der Waals surface area contributed by atoms with Crippen molar-refractivity contribution in [2.75, 3.05) is 18.1 Å². The van der Waals surface area contributed by atoms with Gasteiger partial charge in [0, 0.05) is 28.3 Å². The fourth-order valence-corrected chi connectivity index (χ4v) is 3.24. The molecule has 108 valence electrons. The lowest BCUT2D eigenvalue weighted by Gasteiger charge is -2.19. The van der Waals surface area contributed by atoms with Crippen LogP contribution < -0.4 is 5.32 Å². The minimum absolute atomic E-state index is 0.181. The first-order chi connectivity index (χ1) is 9.74. The van der Waals surface area contributed by atoms with Gasteiger partial charge in [-0.15, -0.1) is 0 Å². The normalized spacial score (nSPS) is 14.3. The molecule has 1 N–H and O–H groups in total. The Labute approximate surface area is 124 Å². The van der Waals surface area contributed by atoms with Gasteiger partial charge >= 0.3 is 0 Å². The molecule has 0 aliphatic heterocycles. The van der Waals surface area contributed by atoms with Crippen molar-refractivity contribution >= 4 is 21.6 Å². The van der Waals surface area contributed by atoms with Crippen LogP contribution in [0.5, 0.6) is 0 Å². The molecule has 3 heteroatoms. The molecule has 0 aliphatic carbocycles. The molecule has 2 unspecified atom stereocenters. The molecular weight excluding hydrogens is 266 g/mol. The summed E-state index contributed by atoms with van der Waals surface area (Å²) >= 11 is 0. The first kappa shape index (κ1) is 15.2. The van der Waals surface area contributed by atoms with E-state index in [1.807, 2.05) is 6.92 Å². The highest BCUT2D eigenvalue weighted by Crippen LogP contribution is 2.21. The van der Waals surface area contributed by atoms with Crippen LogP contribution in [0.3, 0.4) is 0 Å². The fourth-order valence-electron chi connectivity index (χ4n) is 2.32. The Morgan fingerprint density at radius 2 is 1.85 bits per heavy atom. The van der Waals surface area contributed by atoms with Gasteiger partial charge in [0.1, 0.15) is 0 Å². The molecule has 0 radical (unpaired) electrons. The van der Waals surface area contributed by atoms with Crippen LogP contribution >= 0.6 is 0 Å². The topological polar surface area (TPSA) is 29.1 Å². The van der Waals surface area contributed by atoms with Gasteiger partial charge in [-0.3, -0.25) is 4.21 Å². The summed E-state index contributed by atoms with van der Waals surface area (Å²) in [5.74, 6) is 1.41. The van der Waals surface area contributed by atoms with E-state index in [2.05, 4.69) is 54.7 Å². The van der Waals surface area contributed by atoms with Crippen LogP contribution in [-0.4, -0.2) is 22.3 Å². The first-order valence-electron chi connectivity index (χ1n) is 7.31. The number of fused-ring (bicyclic) bond motifs is 1. The third kappa shape index (κ3) is 3.90. The number of nitrogens with one attached hydrogen (secondary N) is 1. The molecule has 0 aliphatic rings. The smallest absolute Gasteiger partial charge is 0.0437 e. The van der Waals surface area contributed by atoms with E-state index in [9.17, 15) is 4.21 Å². The average molecular weight is 289 g/mol. The second kappa shape index (κ2) is 7.55. The molecule has 2 aromatic rings. The molecule has 0 bridgehead atoms. The summed E-state index contributed by atoms with van der Waals surface area (Å²) in [6.07, 6.45) is 1.09. The zero-order chi connectivity index (χ0) is 14.4.